The first-order valence-corrected chi connectivity index (χ1v) is 10.9. The van der Waals surface area contributed by atoms with Crippen LogP contribution in [0.1, 0.15) is 23.1 Å². The zero-order valence-corrected chi connectivity index (χ0v) is 18.0. The zero-order chi connectivity index (χ0) is 22.0. The molecule has 1 saturated heterocycles. The third-order valence-corrected chi connectivity index (χ3v) is 5.37. The van der Waals surface area contributed by atoms with Gasteiger partial charge in [-0.15, -0.1) is 0 Å². The Morgan fingerprint density at radius 2 is 1.19 bits per heavy atom. The van der Waals surface area contributed by atoms with Crippen molar-refractivity contribution in [1.29, 1.82) is 0 Å². The van der Waals surface area contributed by atoms with Gasteiger partial charge >= 0.3 is 5.97 Å². The number of esters is 1. The van der Waals surface area contributed by atoms with Crippen LogP contribution in [0.5, 0.6) is 0 Å². The number of hydrogen-bond donors (Lipinski definition) is 0. The van der Waals surface area contributed by atoms with Crippen LogP contribution in [0, 0.1) is 0 Å². The maximum atomic E-state index is 12.3. The van der Waals surface area contributed by atoms with E-state index >= 15 is 0 Å². The molecule has 1 aliphatic rings. The molecule has 0 amide bonds. The molecule has 0 N–H and O–H groups in total. The van der Waals surface area contributed by atoms with Crippen LogP contribution in [0.3, 0.4) is 0 Å². The average Bonchev–Trinajstić information content (AvgIpc) is 2.84. The van der Waals surface area contributed by atoms with Gasteiger partial charge in [-0.25, -0.2) is 0 Å². The Balaban J connectivity index is 1.42. The molecule has 3 aromatic rings. The smallest absolute Gasteiger partial charge is 0.308 e. The molecule has 1 heterocycles. The molecule has 0 bridgehead atoms. The summed E-state index contributed by atoms with van der Waals surface area (Å²) in [7, 11) is 0. The molecular weight excluding hydrogens is 404 g/mol. The molecule has 0 aromatic heterocycles. The fourth-order valence-corrected chi connectivity index (χ4v) is 3.71. The molecule has 1 unspecified atom stereocenters. The Labute approximate surface area is 188 Å². The summed E-state index contributed by atoms with van der Waals surface area (Å²) in [5, 5.41) is 0. The van der Waals surface area contributed by atoms with Gasteiger partial charge in [-0.2, -0.15) is 0 Å². The first-order chi connectivity index (χ1) is 15.8. The lowest BCUT2D eigenvalue weighted by atomic mass is 10.0. The van der Waals surface area contributed by atoms with Crippen LogP contribution in [0.4, 0.5) is 0 Å². The van der Waals surface area contributed by atoms with Gasteiger partial charge < -0.3 is 18.9 Å². The molecule has 5 nitrogen and oxygen atoms in total. The quantitative estimate of drug-likeness (QED) is 0.435. The van der Waals surface area contributed by atoms with Gasteiger partial charge in [0.15, 0.2) is 6.10 Å². The molecule has 0 spiro atoms. The predicted octanol–water partition coefficient (Wildman–Crippen LogP) is 4.69. The predicted molar refractivity (Wildman–Crippen MR) is 121 cm³/mol. The molecule has 32 heavy (non-hydrogen) atoms. The molecule has 0 saturated carbocycles. The van der Waals surface area contributed by atoms with Crippen molar-refractivity contribution in [1.82, 2.24) is 0 Å². The molecule has 0 radical (unpaired) electrons. The summed E-state index contributed by atoms with van der Waals surface area (Å²) in [5.74, 6) is -0.295. The minimum Gasteiger partial charge on any atom is -0.457 e. The lowest BCUT2D eigenvalue weighted by Gasteiger charge is -2.37. The van der Waals surface area contributed by atoms with E-state index in [4.69, 9.17) is 18.9 Å². The summed E-state index contributed by atoms with van der Waals surface area (Å²) in [6.45, 7) is 1.49. The highest BCUT2D eigenvalue weighted by atomic mass is 16.6. The van der Waals surface area contributed by atoms with E-state index in [0.29, 0.717) is 19.8 Å². The molecular formula is C27H28O5. The highest BCUT2D eigenvalue weighted by molar-refractivity contribution is 5.71. The van der Waals surface area contributed by atoms with Gasteiger partial charge in [0.1, 0.15) is 6.10 Å². The standard InChI is InChI=1S/C27H28O5/c28-26-16-24(30-18-22-12-6-2-7-13-22)27(31-19-23-14-8-3-9-15-23)25(32-26)20-29-17-21-10-4-1-5-11-21/h1-15,24-25,27H,16-20H2/t24-,25?,27+/m1/s1. The highest BCUT2D eigenvalue weighted by Gasteiger charge is 2.40. The van der Waals surface area contributed by atoms with Crippen LogP contribution >= 0.6 is 0 Å². The van der Waals surface area contributed by atoms with E-state index in [2.05, 4.69) is 0 Å². The Bertz CT molecular complexity index is 946. The van der Waals surface area contributed by atoms with Crippen molar-refractivity contribution in [2.45, 2.75) is 44.6 Å². The summed E-state index contributed by atoms with van der Waals surface area (Å²) in [6.07, 6.45) is -1.22. The summed E-state index contributed by atoms with van der Waals surface area (Å²) in [4.78, 5) is 12.3. The van der Waals surface area contributed by atoms with Gasteiger partial charge in [-0.05, 0) is 16.7 Å². The van der Waals surface area contributed by atoms with Crippen molar-refractivity contribution < 1.29 is 23.7 Å². The largest absolute Gasteiger partial charge is 0.457 e. The molecule has 0 aliphatic carbocycles. The maximum absolute atomic E-state index is 12.3. The number of carbonyl (C=O) groups is 1. The van der Waals surface area contributed by atoms with Crippen LogP contribution in [-0.4, -0.2) is 30.9 Å². The fourth-order valence-electron chi connectivity index (χ4n) is 3.71. The normalized spacial score (nSPS) is 20.6. The van der Waals surface area contributed by atoms with Crippen LogP contribution in [0.25, 0.3) is 0 Å². The third kappa shape index (κ3) is 6.50. The zero-order valence-electron chi connectivity index (χ0n) is 18.0. The van der Waals surface area contributed by atoms with Crippen molar-refractivity contribution in [3.8, 4) is 0 Å². The topological polar surface area (TPSA) is 54.0 Å². The molecule has 166 valence electrons. The monoisotopic (exact) mass is 432 g/mol. The molecule has 5 heteroatoms. The molecule has 3 atom stereocenters. The number of benzene rings is 3. The van der Waals surface area contributed by atoms with Crippen molar-refractivity contribution in [3.63, 3.8) is 0 Å². The summed E-state index contributed by atoms with van der Waals surface area (Å²) in [6, 6.07) is 29.8. The lowest BCUT2D eigenvalue weighted by molar-refractivity contribution is -0.205. The van der Waals surface area contributed by atoms with Crippen molar-refractivity contribution in [3.05, 3.63) is 108 Å². The van der Waals surface area contributed by atoms with Gasteiger partial charge in [0, 0.05) is 0 Å². The number of cyclic esters (lactones) is 1. The van der Waals surface area contributed by atoms with Crippen molar-refractivity contribution in [2.75, 3.05) is 6.61 Å². The highest BCUT2D eigenvalue weighted by Crippen LogP contribution is 2.25. The summed E-state index contributed by atoms with van der Waals surface area (Å²) in [5.41, 5.74) is 3.16. The number of ether oxygens (including phenoxy) is 4. The van der Waals surface area contributed by atoms with Crippen LogP contribution in [-0.2, 0) is 43.6 Å². The molecule has 1 fully saturated rings. The second-order valence-corrected chi connectivity index (χ2v) is 7.83. The van der Waals surface area contributed by atoms with E-state index < -0.39 is 18.3 Å². The Hall–Kier alpha value is -2.99. The van der Waals surface area contributed by atoms with Crippen LogP contribution in [0.15, 0.2) is 91.0 Å². The van der Waals surface area contributed by atoms with E-state index in [9.17, 15) is 4.79 Å². The summed E-state index contributed by atoms with van der Waals surface area (Å²) < 4.78 is 23.9. The first-order valence-electron chi connectivity index (χ1n) is 10.9. The fraction of sp³-hybridized carbons (Fsp3) is 0.296. The SMILES string of the molecule is O=C1C[C@@H](OCc2ccccc2)[C@H](OCc2ccccc2)C(COCc2ccccc2)O1. The van der Waals surface area contributed by atoms with Crippen molar-refractivity contribution >= 4 is 5.97 Å². The van der Waals surface area contributed by atoms with Gasteiger partial charge in [0.25, 0.3) is 0 Å². The second kappa shape index (κ2) is 11.6. The van der Waals surface area contributed by atoms with E-state index in [1.807, 2.05) is 91.0 Å². The van der Waals surface area contributed by atoms with Gasteiger partial charge in [-0.1, -0.05) is 91.0 Å². The number of hydrogen-bond acceptors (Lipinski definition) is 5. The van der Waals surface area contributed by atoms with E-state index in [-0.39, 0.29) is 19.0 Å². The second-order valence-electron chi connectivity index (χ2n) is 7.83. The molecule has 3 aromatic carbocycles. The average molecular weight is 433 g/mol. The van der Waals surface area contributed by atoms with Gasteiger partial charge in [0.2, 0.25) is 0 Å². The van der Waals surface area contributed by atoms with Crippen LogP contribution in [0.2, 0.25) is 0 Å². The number of carbonyl (C=O) groups excluding carboxylic acids is 1. The van der Waals surface area contributed by atoms with E-state index in [1.54, 1.807) is 0 Å². The number of rotatable bonds is 10. The van der Waals surface area contributed by atoms with Gasteiger partial charge in [-0.3, -0.25) is 4.79 Å². The summed E-state index contributed by atoms with van der Waals surface area (Å²) >= 11 is 0. The Morgan fingerprint density at radius 1 is 0.688 bits per heavy atom. The van der Waals surface area contributed by atoms with Crippen molar-refractivity contribution in [2.24, 2.45) is 0 Å². The van der Waals surface area contributed by atoms with E-state index in [0.717, 1.165) is 16.7 Å². The first kappa shape index (κ1) is 22.2. The minimum atomic E-state index is -0.538. The minimum absolute atomic E-state index is 0.154. The molecule has 1 aliphatic heterocycles. The van der Waals surface area contributed by atoms with E-state index in [1.165, 1.54) is 0 Å². The maximum Gasteiger partial charge on any atom is 0.308 e. The Morgan fingerprint density at radius 3 is 1.75 bits per heavy atom. The van der Waals surface area contributed by atoms with Crippen LogP contribution < -0.4 is 0 Å². The molecule has 4 rings (SSSR count). The Kier molecular flexibility index (Phi) is 8.04. The third-order valence-electron chi connectivity index (χ3n) is 5.37. The van der Waals surface area contributed by atoms with Gasteiger partial charge in [0.05, 0.1) is 39.0 Å². The lowest BCUT2D eigenvalue weighted by Crippen LogP contribution is -2.51.